The molecule has 0 saturated carbocycles. The topological polar surface area (TPSA) is 48.1 Å². The van der Waals surface area contributed by atoms with Crippen molar-refractivity contribution < 1.29 is 17.9 Å². The van der Waals surface area contributed by atoms with Gasteiger partial charge in [-0.1, -0.05) is 11.6 Å². The van der Waals surface area contributed by atoms with Gasteiger partial charge < -0.3 is 10.5 Å². The van der Waals surface area contributed by atoms with Crippen LogP contribution in [0.15, 0.2) is 10.7 Å². The molecule has 8 heteroatoms. The van der Waals surface area contributed by atoms with E-state index in [0.29, 0.717) is 5.69 Å². The SMILES string of the molecule is NCc1cc(Cl)c(OC(F)(F)F)c(Br)n1. The number of rotatable bonds is 2. The highest BCUT2D eigenvalue weighted by Gasteiger charge is 2.33. The van der Waals surface area contributed by atoms with E-state index in [1.54, 1.807) is 0 Å². The van der Waals surface area contributed by atoms with Gasteiger partial charge >= 0.3 is 6.36 Å². The first-order valence-corrected chi connectivity index (χ1v) is 4.81. The molecular weight excluding hydrogens is 300 g/mol. The molecule has 0 atom stereocenters. The average Bonchev–Trinajstić information content (AvgIpc) is 2.09. The second kappa shape index (κ2) is 4.54. The molecule has 0 aromatic carbocycles. The molecule has 0 aliphatic rings. The number of nitrogens with zero attached hydrogens (tertiary/aromatic N) is 1. The summed E-state index contributed by atoms with van der Waals surface area (Å²) in [4.78, 5) is 3.72. The minimum atomic E-state index is -4.81. The van der Waals surface area contributed by atoms with E-state index < -0.39 is 12.1 Å². The van der Waals surface area contributed by atoms with Crippen molar-refractivity contribution in [3.63, 3.8) is 0 Å². The summed E-state index contributed by atoms with van der Waals surface area (Å²) in [6, 6.07) is 1.22. The van der Waals surface area contributed by atoms with Gasteiger partial charge in [0.2, 0.25) is 0 Å². The summed E-state index contributed by atoms with van der Waals surface area (Å²) in [6.45, 7) is 0.0740. The molecule has 0 unspecified atom stereocenters. The molecule has 1 heterocycles. The molecule has 1 rings (SSSR count). The number of hydrogen-bond donors (Lipinski definition) is 1. The predicted octanol–water partition coefficient (Wildman–Crippen LogP) is 2.85. The van der Waals surface area contributed by atoms with Crippen LogP contribution >= 0.6 is 27.5 Å². The van der Waals surface area contributed by atoms with Crippen LogP contribution in [0, 0.1) is 0 Å². The van der Waals surface area contributed by atoms with E-state index in [1.807, 2.05) is 0 Å². The van der Waals surface area contributed by atoms with Crippen LogP contribution in [0.4, 0.5) is 13.2 Å². The molecule has 84 valence electrons. The number of alkyl halides is 3. The second-order valence-corrected chi connectivity index (χ2v) is 3.63. The van der Waals surface area contributed by atoms with Crippen LogP contribution in [0.2, 0.25) is 5.02 Å². The van der Waals surface area contributed by atoms with Gasteiger partial charge in [0.05, 0.1) is 10.7 Å². The summed E-state index contributed by atoms with van der Waals surface area (Å²) >= 11 is 8.38. The fourth-order valence-corrected chi connectivity index (χ4v) is 1.72. The molecule has 15 heavy (non-hydrogen) atoms. The fraction of sp³-hybridized carbons (Fsp3) is 0.286. The molecule has 0 fully saturated rings. The zero-order valence-corrected chi connectivity index (χ0v) is 9.45. The maximum atomic E-state index is 11.9. The van der Waals surface area contributed by atoms with Crippen LogP contribution in [-0.2, 0) is 6.54 Å². The predicted molar refractivity (Wildman–Crippen MR) is 51.5 cm³/mol. The molecule has 0 bridgehead atoms. The van der Waals surface area contributed by atoms with Gasteiger partial charge in [-0.05, 0) is 22.0 Å². The minimum absolute atomic E-state index is 0.0740. The Hall–Kier alpha value is -0.530. The van der Waals surface area contributed by atoms with Gasteiger partial charge in [0.25, 0.3) is 0 Å². The Morgan fingerprint density at radius 2 is 2.13 bits per heavy atom. The number of nitrogens with two attached hydrogens (primary N) is 1. The number of ether oxygens (including phenoxy) is 1. The Morgan fingerprint density at radius 3 is 2.53 bits per heavy atom. The van der Waals surface area contributed by atoms with Crippen LogP contribution in [0.1, 0.15) is 5.69 Å². The molecule has 0 aliphatic heterocycles. The largest absolute Gasteiger partial charge is 0.573 e. The highest BCUT2D eigenvalue weighted by Crippen LogP contribution is 2.35. The van der Waals surface area contributed by atoms with E-state index in [4.69, 9.17) is 17.3 Å². The molecule has 0 saturated heterocycles. The van der Waals surface area contributed by atoms with Crippen LogP contribution in [0.3, 0.4) is 0 Å². The normalized spacial score (nSPS) is 11.6. The smallest absolute Gasteiger partial charge is 0.401 e. The van der Waals surface area contributed by atoms with E-state index in [1.165, 1.54) is 6.07 Å². The van der Waals surface area contributed by atoms with Crippen LogP contribution in [0.5, 0.6) is 5.75 Å². The van der Waals surface area contributed by atoms with Crippen molar-refractivity contribution in [3.05, 3.63) is 21.4 Å². The van der Waals surface area contributed by atoms with Crippen LogP contribution in [0.25, 0.3) is 0 Å². The van der Waals surface area contributed by atoms with Gasteiger partial charge in [-0.3, -0.25) is 0 Å². The summed E-state index contributed by atoms with van der Waals surface area (Å²) < 4.78 is 39.3. The highest BCUT2D eigenvalue weighted by molar-refractivity contribution is 9.10. The third kappa shape index (κ3) is 3.51. The Balaban J connectivity index is 3.09. The maximum Gasteiger partial charge on any atom is 0.573 e. The van der Waals surface area contributed by atoms with E-state index >= 15 is 0 Å². The molecule has 0 radical (unpaired) electrons. The first-order valence-electron chi connectivity index (χ1n) is 3.64. The zero-order chi connectivity index (χ0) is 11.6. The van der Waals surface area contributed by atoms with Crippen molar-refractivity contribution in [2.75, 3.05) is 0 Å². The molecular formula is C7H5BrClF3N2O. The summed E-state index contributed by atoms with van der Waals surface area (Å²) in [5, 5.41) is -0.199. The molecule has 0 spiro atoms. The van der Waals surface area contributed by atoms with Crippen LogP contribution in [-0.4, -0.2) is 11.3 Å². The monoisotopic (exact) mass is 304 g/mol. The lowest BCUT2D eigenvalue weighted by molar-refractivity contribution is -0.275. The van der Waals surface area contributed by atoms with E-state index in [2.05, 4.69) is 25.7 Å². The lowest BCUT2D eigenvalue weighted by Gasteiger charge is -2.12. The van der Waals surface area contributed by atoms with Gasteiger partial charge in [-0.2, -0.15) is 0 Å². The lowest BCUT2D eigenvalue weighted by Crippen LogP contribution is -2.18. The quantitative estimate of drug-likeness (QED) is 0.855. The van der Waals surface area contributed by atoms with Crippen molar-refractivity contribution >= 4 is 27.5 Å². The van der Waals surface area contributed by atoms with Gasteiger partial charge in [-0.25, -0.2) is 4.98 Å². The second-order valence-electron chi connectivity index (χ2n) is 2.47. The summed E-state index contributed by atoms with van der Waals surface area (Å²) in [6.07, 6.45) is -4.81. The third-order valence-electron chi connectivity index (χ3n) is 1.37. The molecule has 1 aromatic rings. The van der Waals surface area contributed by atoms with Crippen molar-refractivity contribution in [3.8, 4) is 5.75 Å². The number of pyridine rings is 1. The van der Waals surface area contributed by atoms with E-state index in [9.17, 15) is 13.2 Å². The van der Waals surface area contributed by atoms with E-state index in [-0.39, 0.29) is 16.2 Å². The van der Waals surface area contributed by atoms with Crippen molar-refractivity contribution in [1.82, 2.24) is 4.98 Å². The standard InChI is InChI=1S/C7H5BrClF3N2O/c8-6-5(15-7(10,11)12)4(9)1-3(2-13)14-6/h1H,2,13H2. The molecule has 3 nitrogen and oxygen atoms in total. The average molecular weight is 305 g/mol. The summed E-state index contributed by atoms with van der Waals surface area (Å²) in [5.41, 5.74) is 5.62. The molecule has 1 aromatic heterocycles. The van der Waals surface area contributed by atoms with E-state index in [0.717, 1.165) is 0 Å². The van der Waals surface area contributed by atoms with Gasteiger partial charge in [0.15, 0.2) is 5.75 Å². The zero-order valence-electron chi connectivity index (χ0n) is 7.11. The first kappa shape index (κ1) is 12.5. The minimum Gasteiger partial charge on any atom is -0.401 e. The number of halogens is 5. The Labute approximate surface area is 96.5 Å². The maximum absolute atomic E-state index is 11.9. The van der Waals surface area contributed by atoms with Crippen molar-refractivity contribution in [1.29, 1.82) is 0 Å². The number of hydrogen-bond acceptors (Lipinski definition) is 3. The van der Waals surface area contributed by atoms with Crippen molar-refractivity contribution in [2.24, 2.45) is 5.73 Å². The molecule has 2 N–H and O–H groups in total. The van der Waals surface area contributed by atoms with Gasteiger partial charge in [0.1, 0.15) is 4.60 Å². The van der Waals surface area contributed by atoms with Gasteiger partial charge in [-0.15, -0.1) is 13.2 Å². The third-order valence-corrected chi connectivity index (χ3v) is 2.18. The first-order chi connectivity index (χ1) is 6.83. The Bertz CT molecular complexity index is 349. The Kier molecular flexibility index (Phi) is 3.80. The summed E-state index contributed by atoms with van der Waals surface area (Å²) in [5.74, 6) is -0.568. The highest BCUT2D eigenvalue weighted by atomic mass is 79.9. The van der Waals surface area contributed by atoms with Gasteiger partial charge in [0, 0.05) is 6.54 Å². The summed E-state index contributed by atoms with van der Waals surface area (Å²) in [7, 11) is 0. The number of aromatic nitrogens is 1. The van der Waals surface area contributed by atoms with Crippen LogP contribution < -0.4 is 10.5 Å². The molecule has 0 amide bonds. The molecule has 0 aliphatic carbocycles. The van der Waals surface area contributed by atoms with Crippen molar-refractivity contribution in [2.45, 2.75) is 12.9 Å². The fourth-order valence-electron chi connectivity index (χ4n) is 0.831. The Morgan fingerprint density at radius 1 is 1.53 bits per heavy atom. The lowest BCUT2D eigenvalue weighted by atomic mass is 10.3.